The molecule has 0 rings (SSSR count). The number of ether oxygens (including phenoxy) is 1. The molecule has 0 saturated heterocycles. The fraction of sp³-hybridized carbons (Fsp3) is 0.935. The maximum absolute atomic E-state index is 13.2. The van der Waals surface area contributed by atoms with E-state index in [9.17, 15) is 14.4 Å². The van der Waals surface area contributed by atoms with Gasteiger partial charge >= 0.3 is 5.97 Å². The van der Waals surface area contributed by atoms with Gasteiger partial charge in [-0.05, 0) is 25.2 Å². The number of hydrogen-bond acceptors (Lipinski definition) is 4. The maximum atomic E-state index is 13.2. The Hall–Kier alpha value is -1.19. The number of hydrogen-bond donors (Lipinski definition) is 0. The quantitative estimate of drug-likeness (QED) is 0.0275. The molecule has 1 atom stereocenters. The number of unbranched alkanes of at least 4 members (excludes halogenated alkanes) is 30. The minimum atomic E-state index is -0.905. The van der Waals surface area contributed by atoms with Crippen molar-refractivity contribution in [1.82, 2.24) is 0 Å². The minimum Gasteiger partial charge on any atom is -0.465 e. The normalized spacial score (nSPS) is 12.1. The van der Waals surface area contributed by atoms with E-state index in [0.29, 0.717) is 13.0 Å². The number of ketones is 2. The van der Waals surface area contributed by atoms with Gasteiger partial charge in [-0.25, -0.2) is 0 Å². The summed E-state index contributed by atoms with van der Waals surface area (Å²) < 4.78 is 5.60. The average Bonchev–Trinajstić information content (AvgIpc) is 3.10. The van der Waals surface area contributed by atoms with Crippen LogP contribution in [0.5, 0.6) is 0 Å². The zero-order valence-corrected chi connectivity index (χ0v) is 34.5. The first-order chi connectivity index (χ1) is 24.4. The fourth-order valence-corrected chi connectivity index (χ4v) is 7.15. The SMILES string of the molecule is CCCCCCCCCCCCCCCCC(=O)C(=O)C(CCCCCCCCCCCCCCCC)C(=O)OCCCCCCCC(C)C. The third kappa shape index (κ3) is 33.9. The second-order valence-corrected chi connectivity index (χ2v) is 16.2. The standard InChI is InChI=1S/C46H88O4/c1-5-7-9-11-13-15-17-19-21-23-25-27-31-35-39-43(46(49)50-41-37-33-29-30-34-38-42(3)4)45(48)44(47)40-36-32-28-26-24-22-20-18-16-14-12-10-8-6-2/h42-43H,5-41H2,1-4H3. The summed E-state index contributed by atoms with van der Waals surface area (Å²) in [7, 11) is 0. The van der Waals surface area contributed by atoms with Crippen LogP contribution in [0.3, 0.4) is 0 Å². The van der Waals surface area contributed by atoms with Crippen molar-refractivity contribution in [2.24, 2.45) is 11.8 Å². The summed E-state index contributed by atoms with van der Waals surface area (Å²) in [5.41, 5.74) is 0. The summed E-state index contributed by atoms with van der Waals surface area (Å²) in [4.78, 5) is 39.2. The lowest BCUT2D eigenvalue weighted by Crippen LogP contribution is -2.32. The molecule has 296 valence electrons. The average molecular weight is 705 g/mol. The predicted molar refractivity (Wildman–Crippen MR) is 217 cm³/mol. The molecule has 0 heterocycles. The van der Waals surface area contributed by atoms with E-state index in [0.717, 1.165) is 63.7 Å². The van der Waals surface area contributed by atoms with Gasteiger partial charge in [0.05, 0.1) is 6.61 Å². The molecule has 1 unspecified atom stereocenters. The summed E-state index contributed by atoms with van der Waals surface area (Å²) in [6, 6.07) is 0. The Morgan fingerprint density at radius 2 is 0.720 bits per heavy atom. The highest BCUT2D eigenvalue weighted by molar-refractivity contribution is 6.41. The number of esters is 1. The molecule has 0 aromatic rings. The third-order valence-electron chi connectivity index (χ3n) is 10.6. The molecular formula is C46H88O4. The van der Waals surface area contributed by atoms with Crippen LogP contribution in [0.15, 0.2) is 0 Å². The Morgan fingerprint density at radius 1 is 0.400 bits per heavy atom. The van der Waals surface area contributed by atoms with E-state index in [1.165, 1.54) is 161 Å². The molecule has 0 bridgehead atoms. The first-order valence-electron chi connectivity index (χ1n) is 22.7. The second kappa shape index (κ2) is 39.0. The highest BCUT2D eigenvalue weighted by Gasteiger charge is 2.31. The van der Waals surface area contributed by atoms with Crippen molar-refractivity contribution < 1.29 is 19.1 Å². The van der Waals surface area contributed by atoms with E-state index in [4.69, 9.17) is 4.74 Å². The molecule has 0 amide bonds. The van der Waals surface area contributed by atoms with Crippen LogP contribution in [0.25, 0.3) is 0 Å². The monoisotopic (exact) mass is 705 g/mol. The molecule has 0 aliphatic carbocycles. The Bertz CT molecular complexity index is 744. The molecule has 0 fully saturated rings. The maximum Gasteiger partial charge on any atom is 0.316 e. The summed E-state index contributed by atoms with van der Waals surface area (Å²) >= 11 is 0. The van der Waals surface area contributed by atoms with Crippen molar-refractivity contribution in [2.75, 3.05) is 6.61 Å². The van der Waals surface area contributed by atoms with E-state index in [1.54, 1.807) is 0 Å². The molecule has 0 aromatic carbocycles. The van der Waals surface area contributed by atoms with Gasteiger partial charge in [-0.1, -0.05) is 233 Å². The van der Waals surface area contributed by atoms with Crippen molar-refractivity contribution in [3.05, 3.63) is 0 Å². The largest absolute Gasteiger partial charge is 0.465 e. The van der Waals surface area contributed by atoms with Crippen LogP contribution >= 0.6 is 0 Å². The predicted octanol–water partition coefficient (Wildman–Crippen LogP) is 15.0. The molecule has 0 saturated carbocycles. The molecule has 4 heteroatoms. The molecule has 4 nitrogen and oxygen atoms in total. The Morgan fingerprint density at radius 3 is 1.10 bits per heavy atom. The highest BCUT2D eigenvalue weighted by atomic mass is 16.5. The number of carbonyl (C=O) groups is 3. The Kier molecular flexibility index (Phi) is 38.1. The zero-order valence-electron chi connectivity index (χ0n) is 34.5. The van der Waals surface area contributed by atoms with Gasteiger partial charge in [-0.2, -0.15) is 0 Å². The summed E-state index contributed by atoms with van der Waals surface area (Å²) in [5.74, 6) is -1.46. The molecule has 0 radical (unpaired) electrons. The van der Waals surface area contributed by atoms with Crippen molar-refractivity contribution in [3.63, 3.8) is 0 Å². The first-order valence-corrected chi connectivity index (χ1v) is 22.7. The van der Waals surface area contributed by atoms with E-state index in [1.807, 2.05) is 0 Å². The molecule has 0 aliphatic heterocycles. The number of carbonyl (C=O) groups excluding carboxylic acids is 3. The smallest absolute Gasteiger partial charge is 0.316 e. The third-order valence-corrected chi connectivity index (χ3v) is 10.6. The molecule has 0 N–H and O–H groups in total. The van der Waals surface area contributed by atoms with Gasteiger partial charge in [0.15, 0.2) is 5.78 Å². The van der Waals surface area contributed by atoms with Crippen molar-refractivity contribution in [3.8, 4) is 0 Å². The van der Waals surface area contributed by atoms with Gasteiger partial charge in [0.25, 0.3) is 0 Å². The van der Waals surface area contributed by atoms with Crippen LogP contribution in [-0.4, -0.2) is 24.1 Å². The topological polar surface area (TPSA) is 60.4 Å². The van der Waals surface area contributed by atoms with Gasteiger partial charge in [-0.15, -0.1) is 0 Å². The van der Waals surface area contributed by atoms with Crippen molar-refractivity contribution in [1.29, 1.82) is 0 Å². The van der Waals surface area contributed by atoms with Crippen LogP contribution in [0.2, 0.25) is 0 Å². The van der Waals surface area contributed by atoms with Gasteiger partial charge < -0.3 is 4.74 Å². The molecule has 50 heavy (non-hydrogen) atoms. The summed E-state index contributed by atoms with van der Waals surface area (Å²) in [6.45, 7) is 9.43. The number of rotatable bonds is 41. The summed E-state index contributed by atoms with van der Waals surface area (Å²) in [5, 5.41) is 0. The van der Waals surface area contributed by atoms with Gasteiger partial charge in [0, 0.05) is 6.42 Å². The lowest BCUT2D eigenvalue weighted by Gasteiger charge is -2.15. The summed E-state index contributed by atoms with van der Waals surface area (Å²) in [6.07, 6.45) is 42.9. The lowest BCUT2D eigenvalue weighted by atomic mass is 9.92. The van der Waals surface area contributed by atoms with Crippen LogP contribution in [-0.2, 0) is 19.1 Å². The molecule has 0 aromatic heterocycles. The fourth-order valence-electron chi connectivity index (χ4n) is 7.15. The molecular weight excluding hydrogens is 617 g/mol. The van der Waals surface area contributed by atoms with Crippen LogP contribution in [0, 0.1) is 11.8 Å². The van der Waals surface area contributed by atoms with Crippen molar-refractivity contribution in [2.45, 2.75) is 259 Å². The highest BCUT2D eigenvalue weighted by Crippen LogP contribution is 2.20. The van der Waals surface area contributed by atoms with Crippen LogP contribution < -0.4 is 0 Å². The van der Waals surface area contributed by atoms with E-state index in [2.05, 4.69) is 27.7 Å². The molecule has 0 spiro atoms. The minimum absolute atomic E-state index is 0.274. The number of Topliss-reactive ketones (excluding diaryl/α,β-unsaturated/α-hetero) is 2. The van der Waals surface area contributed by atoms with Crippen molar-refractivity contribution >= 4 is 17.5 Å². The lowest BCUT2D eigenvalue weighted by molar-refractivity contribution is -0.155. The molecule has 0 aliphatic rings. The zero-order chi connectivity index (χ0) is 36.8. The van der Waals surface area contributed by atoms with Crippen LogP contribution in [0.4, 0.5) is 0 Å². The van der Waals surface area contributed by atoms with E-state index in [-0.39, 0.29) is 12.2 Å². The van der Waals surface area contributed by atoms with Gasteiger partial charge in [-0.3, -0.25) is 14.4 Å². The van der Waals surface area contributed by atoms with Gasteiger partial charge in [0.1, 0.15) is 5.92 Å². The Balaban J connectivity index is 4.33. The van der Waals surface area contributed by atoms with Gasteiger partial charge in [0.2, 0.25) is 5.78 Å². The van der Waals surface area contributed by atoms with Crippen LogP contribution in [0.1, 0.15) is 259 Å². The first kappa shape index (κ1) is 48.8. The van der Waals surface area contributed by atoms with E-state index >= 15 is 0 Å². The second-order valence-electron chi connectivity index (χ2n) is 16.2. The Labute approximate surface area is 313 Å². The van der Waals surface area contributed by atoms with E-state index < -0.39 is 17.7 Å².